The maximum atomic E-state index is 12.2. The smallest absolute Gasteiger partial charge is 0.257 e. The number of thiazole rings is 1. The van der Waals surface area contributed by atoms with Crippen molar-refractivity contribution in [3.63, 3.8) is 0 Å². The number of ether oxygens (including phenoxy) is 1. The van der Waals surface area contributed by atoms with Gasteiger partial charge >= 0.3 is 0 Å². The van der Waals surface area contributed by atoms with Gasteiger partial charge in [-0.2, -0.15) is 0 Å². The zero-order chi connectivity index (χ0) is 22.8. The van der Waals surface area contributed by atoms with Crippen molar-refractivity contribution in [2.75, 3.05) is 12.4 Å². The molecule has 0 aliphatic rings. The van der Waals surface area contributed by atoms with E-state index in [2.05, 4.69) is 48.4 Å². The molecular weight excluding hydrogens is 404 g/mol. The van der Waals surface area contributed by atoms with Gasteiger partial charge in [0.1, 0.15) is 5.75 Å². The van der Waals surface area contributed by atoms with E-state index in [1.54, 1.807) is 19.2 Å². The molecule has 0 fully saturated rings. The van der Waals surface area contributed by atoms with Crippen molar-refractivity contribution < 1.29 is 9.53 Å². The first-order valence-electron chi connectivity index (χ1n) is 10.3. The number of anilines is 1. The maximum Gasteiger partial charge on any atom is 0.257 e. The van der Waals surface area contributed by atoms with Crippen LogP contribution in [-0.2, 0) is 0 Å². The fourth-order valence-corrected chi connectivity index (χ4v) is 3.49. The number of aromatic nitrogens is 1. The Balaban J connectivity index is 0.000000286. The Bertz CT molecular complexity index is 1080. The SMILES string of the molecule is CC.COc1ccc2nc(NC(=O)c3ccc(C)cc3)sc2c1.Cc1ccc(C)cc1. The second-order valence-corrected chi connectivity index (χ2v) is 7.86. The van der Waals surface area contributed by atoms with Crippen LogP contribution >= 0.6 is 11.3 Å². The van der Waals surface area contributed by atoms with Crippen molar-refractivity contribution in [3.05, 3.63) is 89.0 Å². The van der Waals surface area contributed by atoms with Crippen LogP contribution in [0.3, 0.4) is 0 Å². The Kier molecular flexibility index (Phi) is 9.22. The molecule has 31 heavy (non-hydrogen) atoms. The molecule has 1 N–H and O–H groups in total. The van der Waals surface area contributed by atoms with Crippen LogP contribution in [0.15, 0.2) is 66.7 Å². The van der Waals surface area contributed by atoms with Gasteiger partial charge in [-0.15, -0.1) is 0 Å². The first kappa shape index (κ1) is 24.1. The maximum absolute atomic E-state index is 12.2. The van der Waals surface area contributed by atoms with E-state index in [1.165, 1.54) is 22.5 Å². The number of methoxy groups -OCH3 is 1. The summed E-state index contributed by atoms with van der Waals surface area (Å²) in [5.74, 6) is 0.628. The average Bonchev–Trinajstić information content (AvgIpc) is 3.19. The summed E-state index contributed by atoms with van der Waals surface area (Å²) in [6.07, 6.45) is 0. The van der Waals surface area contributed by atoms with Gasteiger partial charge in [0.05, 0.1) is 17.3 Å². The van der Waals surface area contributed by atoms with E-state index in [4.69, 9.17) is 4.74 Å². The average molecular weight is 435 g/mol. The Morgan fingerprint density at radius 1 is 0.839 bits per heavy atom. The van der Waals surface area contributed by atoms with Crippen molar-refractivity contribution >= 4 is 32.6 Å². The third kappa shape index (κ3) is 7.23. The van der Waals surface area contributed by atoms with Gasteiger partial charge in [0.25, 0.3) is 5.91 Å². The molecule has 1 amide bonds. The third-order valence-corrected chi connectivity index (χ3v) is 5.28. The quantitative estimate of drug-likeness (QED) is 0.371. The highest BCUT2D eigenvalue weighted by Gasteiger charge is 2.10. The number of nitrogens with zero attached hydrogens (tertiary/aromatic N) is 1. The van der Waals surface area contributed by atoms with Crippen LogP contribution in [0.1, 0.15) is 40.9 Å². The molecule has 4 aromatic rings. The lowest BCUT2D eigenvalue weighted by molar-refractivity contribution is 0.102. The molecular formula is C26H30N2O2S. The van der Waals surface area contributed by atoms with E-state index in [9.17, 15) is 4.79 Å². The van der Waals surface area contributed by atoms with Crippen molar-refractivity contribution in [2.45, 2.75) is 34.6 Å². The minimum atomic E-state index is -0.152. The van der Waals surface area contributed by atoms with Crippen LogP contribution in [0.25, 0.3) is 10.2 Å². The Morgan fingerprint density at radius 3 is 1.87 bits per heavy atom. The van der Waals surface area contributed by atoms with E-state index >= 15 is 0 Å². The van der Waals surface area contributed by atoms with Crippen LogP contribution < -0.4 is 10.1 Å². The Hall–Kier alpha value is -3.18. The molecule has 0 spiro atoms. The third-order valence-electron chi connectivity index (χ3n) is 4.35. The van der Waals surface area contributed by atoms with Crippen LogP contribution in [0, 0.1) is 20.8 Å². The molecule has 0 radical (unpaired) electrons. The molecule has 0 aliphatic heterocycles. The molecule has 162 valence electrons. The lowest BCUT2D eigenvalue weighted by Crippen LogP contribution is -2.11. The fraction of sp³-hybridized carbons (Fsp3) is 0.231. The summed E-state index contributed by atoms with van der Waals surface area (Å²) in [6.45, 7) is 10.2. The molecule has 1 heterocycles. The van der Waals surface area contributed by atoms with Crippen LogP contribution in [0.4, 0.5) is 5.13 Å². The highest BCUT2D eigenvalue weighted by molar-refractivity contribution is 7.22. The number of amides is 1. The number of fused-ring (bicyclic) bond motifs is 1. The van der Waals surface area contributed by atoms with E-state index in [-0.39, 0.29) is 5.91 Å². The normalized spacial score (nSPS) is 9.74. The highest BCUT2D eigenvalue weighted by atomic mass is 32.1. The predicted molar refractivity (Wildman–Crippen MR) is 133 cm³/mol. The molecule has 0 atom stereocenters. The van der Waals surface area contributed by atoms with Crippen molar-refractivity contribution in [2.24, 2.45) is 0 Å². The van der Waals surface area contributed by atoms with Crippen molar-refractivity contribution in [1.29, 1.82) is 0 Å². The molecule has 4 nitrogen and oxygen atoms in total. The highest BCUT2D eigenvalue weighted by Crippen LogP contribution is 2.29. The Labute approximate surface area is 188 Å². The second kappa shape index (κ2) is 11.9. The molecule has 0 saturated heterocycles. The fourth-order valence-electron chi connectivity index (χ4n) is 2.60. The largest absolute Gasteiger partial charge is 0.497 e. The van der Waals surface area contributed by atoms with Gasteiger partial charge in [0, 0.05) is 5.56 Å². The zero-order valence-corrected chi connectivity index (χ0v) is 19.8. The molecule has 0 bridgehead atoms. The molecule has 0 saturated carbocycles. The second-order valence-electron chi connectivity index (χ2n) is 6.83. The molecule has 0 unspecified atom stereocenters. The van der Waals surface area contributed by atoms with Crippen LogP contribution in [0.2, 0.25) is 0 Å². The Morgan fingerprint density at radius 2 is 1.35 bits per heavy atom. The predicted octanol–water partition coefficient (Wildman–Crippen LogP) is 7.20. The molecule has 4 rings (SSSR count). The minimum absolute atomic E-state index is 0.152. The summed E-state index contributed by atoms with van der Waals surface area (Å²) in [7, 11) is 1.63. The molecule has 5 heteroatoms. The van der Waals surface area contributed by atoms with Gasteiger partial charge in [0.15, 0.2) is 5.13 Å². The number of hydrogen-bond acceptors (Lipinski definition) is 4. The minimum Gasteiger partial charge on any atom is -0.497 e. The monoisotopic (exact) mass is 434 g/mol. The number of rotatable bonds is 3. The lowest BCUT2D eigenvalue weighted by atomic mass is 10.1. The van der Waals surface area contributed by atoms with E-state index in [0.29, 0.717) is 10.7 Å². The van der Waals surface area contributed by atoms with Crippen LogP contribution in [-0.4, -0.2) is 18.0 Å². The number of hydrogen-bond donors (Lipinski definition) is 1. The number of carbonyl (C=O) groups excluding carboxylic acids is 1. The summed E-state index contributed by atoms with van der Waals surface area (Å²) in [5.41, 5.74) is 5.25. The van der Waals surface area contributed by atoms with Crippen molar-refractivity contribution in [1.82, 2.24) is 4.98 Å². The van der Waals surface area contributed by atoms with Gasteiger partial charge in [-0.05, 0) is 51.1 Å². The number of aryl methyl sites for hydroxylation is 3. The van der Waals surface area contributed by atoms with E-state index in [1.807, 2.05) is 51.1 Å². The molecule has 1 aromatic heterocycles. The lowest BCUT2D eigenvalue weighted by Gasteiger charge is -2.01. The topological polar surface area (TPSA) is 51.2 Å². The number of benzene rings is 3. The van der Waals surface area contributed by atoms with Crippen LogP contribution in [0.5, 0.6) is 5.75 Å². The summed E-state index contributed by atoms with van der Waals surface area (Å²) >= 11 is 1.43. The summed E-state index contributed by atoms with van der Waals surface area (Å²) in [5, 5.41) is 3.42. The van der Waals surface area contributed by atoms with Gasteiger partial charge in [-0.3, -0.25) is 10.1 Å². The first-order valence-corrected chi connectivity index (χ1v) is 11.1. The van der Waals surface area contributed by atoms with E-state index < -0.39 is 0 Å². The number of carbonyl (C=O) groups is 1. The molecule has 3 aromatic carbocycles. The summed E-state index contributed by atoms with van der Waals surface area (Å²) in [6, 6.07) is 21.6. The number of nitrogens with one attached hydrogen (secondary N) is 1. The zero-order valence-electron chi connectivity index (χ0n) is 19.0. The van der Waals surface area contributed by atoms with Gasteiger partial charge in [0.2, 0.25) is 0 Å². The first-order chi connectivity index (χ1) is 14.9. The summed E-state index contributed by atoms with van der Waals surface area (Å²) in [4.78, 5) is 16.6. The summed E-state index contributed by atoms with van der Waals surface area (Å²) < 4.78 is 6.16. The van der Waals surface area contributed by atoms with Crippen molar-refractivity contribution in [3.8, 4) is 5.75 Å². The molecule has 0 aliphatic carbocycles. The van der Waals surface area contributed by atoms with Gasteiger partial charge < -0.3 is 4.74 Å². The van der Waals surface area contributed by atoms with Gasteiger partial charge in [-0.25, -0.2) is 4.98 Å². The standard InChI is InChI=1S/C16H14N2O2S.C8H10.C2H6/c1-10-3-5-11(6-4-10)15(19)18-16-17-13-8-7-12(20-2)9-14(13)21-16;1-7-3-5-8(2)6-4-7;1-2/h3-9H,1-2H3,(H,17,18,19);3-6H,1-2H3;1-2H3. The van der Waals surface area contributed by atoms with Gasteiger partial charge in [-0.1, -0.05) is 78.3 Å². The van der Waals surface area contributed by atoms with E-state index in [0.717, 1.165) is 21.5 Å².